The first kappa shape index (κ1) is 19.2. The largest absolute Gasteiger partial charge is 0.356 e. The molecule has 0 aliphatic heterocycles. The molecule has 0 spiro atoms. The smallest absolute Gasteiger partial charge is 0.225 e. The fraction of sp³-hybridized carbons (Fsp3) is 0.579. The topological polar surface area (TPSA) is 49.4 Å². The summed E-state index contributed by atoms with van der Waals surface area (Å²) in [5.41, 5.74) is 0.747. The zero-order chi connectivity index (χ0) is 17.5. The second-order valence-electron chi connectivity index (χ2n) is 7.21. The maximum absolute atomic E-state index is 12.4. The maximum Gasteiger partial charge on any atom is 0.225 e. The van der Waals surface area contributed by atoms with E-state index in [4.69, 9.17) is 0 Å². The van der Waals surface area contributed by atoms with Gasteiger partial charge >= 0.3 is 0 Å². The second kappa shape index (κ2) is 8.70. The summed E-state index contributed by atoms with van der Waals surface area (Å²) in [7, 11) is 0. The minimum Gasteiger partial charge on any atom is -0.356 e. The Morgan fingerprint density at radius 2 is 1.74 bits per heavy atom. The summed E-state index contributed by atoms with van der Waals surface area (Å²) in [5.74, 6) is 0.156. The lowest BCUT2D eigenvalue weighted by Gasteiger charge is -2.27. The van der Waals surface area contributed by atoms with Crippen molar-refractivity contribution < 1.29 is 9.59 Å². The van der Waals surface area contributed by atoms with E-state index in [1.165, 1.54) is 0 Å². The molecule has 0 heterocycles. The van der Waals surface area contributed by atoms with Crippen LogP contribution in [0.15, 0.2) is 30.3 Å². The molecule has 1 N–H and O–H groups in total. The second-order valence-corrected chi connectivity index (χ2v) is 7.21. The Kier molecular flexibility index (Phi) is 7.27. The fourth-order valence-corrected chi connectivity index (χ4v) is 2.19. The third kappa shape index (κ3) is 6.85. The van der Waals surface area contributed by atoms with E-state index in [-0.39, 0.29) is 23.3 Å². The Morgan fingerprint density at radius 3 is 2.26 bits per heavy atom. The maximum atomic E-state index is 12.4. The molecule has 0 fully saturated rings. The molecule has 0 atom stereocenters. The first-order chi connectivity index (χ1) is 10.7. The molecule has 0 unspecified atom stereocenters. The fourth-order valence-electron chi connectivity index (χ4n) is 2.19. The van der Waals surface area contributed by atoms with Gasteiger partial charge in [-0.1, -0.05) is 51.1 Å². The van der Waals surface area contributed by atoms with E-state index in [9.17, 15) is 9.59 Å². The van der Waals surface area contributed by atoms with Gasteiger partial charge in [-0.05, 0) is 25.8 Å². The SMILES string of the molecule is CC(C)N(Cc1ccccc1)C(=O)CCCNC(=O)C(C)(C)C. The first-order valence-corrected chi connectivity index (χ1v) is 8.33. The summed E-state index contributed by atoms with van der Waals surface area (Å²) in [6.45, 7) is 10.9. The van der Waals surface area contributed by atoms with E-state index >= 15 is 0 Å². The summed E-state index contributed by atoms with van der Waals surface area (Å²) in [4.78, 5) is 26.1. The molecule has 0 bridgehead atoms. The van der Waals surface area contributed by atoms with Crippen molar-refractivity contribution in [2.24, 2.45) is 5.41 Å². The van der Waals surface area contributed by atoms with Crippen LogP contribution in [0.4, 0.5) is 0 Å². The molecule has 2 amide bonds. The molecule has 0 aromatic heterocycles. The van der Waals surface area contributed by atoms with E-state index in [0.717, 1.165) is 5.56 Å². The number of nitrogens with one attached hydrogen (secondary N) is 1. The van der Waals surface area contributed by atoms with Gasteiger partial charge in [0.15, 0.2) is 0 Å². The molecular weight excluding hydrogens is 288 g/mol. The molecule has 1 aromatic rings. The Bertz CT molecular complexity index is 504. The van der Waals surface area contributed by atoms with Crippen LogP contribution in [0.1, 0.15) is 53.0 Å². The van der Waals surface area contributed by atoms with Crippen LogP contribution in [0.2, 0.25) is 0 Å². The Labute approximate surface area is 140 Å². The number of carbonyl (C=O) groups is 2. The van der Waals surface area contributed by atoms with Crippen molar-refractivity contribution >= 4 is 11.8 Å². The Hall–Kier alpha value is -1.84. The van der Waals surface area contributed by atoms with Crippen molar-refractivity contribution in [3.05, 3.63) is 35.9 Å². The number of hydrogen-bond acceptors (Lipinski definition) is 2. The zero-order valence-electron chi connectivity index (χ0n) is 15.1. The monoisotopic (exact) mass is 318 g/mol. The van der Waals surface area contributed by atoms with E-state index in [1.54, 1.807) is 0 Å². The van der Waals surface area contributed by atoms with Gasteiger partial charge in [0.05, 0.1) is 0 Å². The third-order valence-corrected chi connectivity index (χ3v) is 3.67. The van der Waals surface area contributed by atoms with Gasteiger partial charge in [0, 0.05) is 31.0 Å². The van der Waals surface area contributed by atoms with Gasteiger partial charge in [0.1, 0.15) is 0 Å². The summed E-state index contributed by atoms with van der Waals surface area (Å²) in [6, 6.07) is 10.2. The minimum absolute atomic E-state index is 0.0231. The number of nitrogens with zero attached hydrogens (tertiary/aromatic N) is 1. The zero-order valence-corrected chi connectivity index (χ0v) is 15.1. The van der Waals surface area contributed by atoms with Crippen molar-refractivity contribution in [3.63, 3.8) is 0 Å². The summed E-state index contributed by atoms with van der Waals surface area (Å²) in [5, 5.41) is 2.89. The van der Waals surface area contributed by atoms with Crippen LogP contribution in [-0.4, -0.2) is 29.3 Å². The van der Waals surface area contributed by atoms with Crippen molar-refractivity contribution in [2.75, 3.05) is 6.54 Å². The average Bonchev–Trinajstić information content (AvgIpc) is 2.48. The predicted octanol–water partition coefficient (Wildman–Crippen LogP) is 3.37. The lowest BCUT2D eigenvalue weighted by Crippen LogP contribution is -2.38. The van der Waals surface area contributed by atoms with E-state index < -0.39 is 0 Å². The summed E-state index contributed by atoms with van der Waals surface area (Å²) >= 11 is 0. The third-order valence-electron chi connectivity index (χ3n) is 3.67. The molecule has 0 radical (unpaired) electrons. The Morgan fingerprint density at radius 1 is 1.13 bits per heavy atom. The van der Waals surface area contributed by atoms with Crippen molar-refractivity contribution in [2.45, 2.75) is 60.0 Å². The lowest BCUT2D eigenvalue weighted by atomic mass is 9.96. The Balaban J connectivity index is 2.45. The summed E-state index contributed by atoms with van der Waals surface area (Å²) < 4.78 is 0. The van der Waals surface area contributed by atoms with E-state index in [0.29, 0.717) is 25.9 Å². The average molecular weight is 318 g/mol. The molecule has 23 heavy (non-hydrogen) atoms. The van der Waals surface area contributed by atoms with Gasteiger partial charge in [-0.2, -0.15) is 0 Å². The van der Waals surface area contributed by atoms with Crippen molar-refractivity contribution in [1.82, 2.24) is 10.2 Å². The van der Waals surface area contributed by atoms with Gasteiger partial charge < -0.3 is 10.2 Å². The lowest BCUT2D eigenvalue weighted by molar-refractivity contribution is -0.134. The van der Waals surface area contributed by atoms with Gasteiger partial charge in [-0.25, -0.2) is 0 Å². The molecule has 1 rings (SSSR count). The number of carbonyl (C=O) groups excluding carboxylic acids is 2. The standard InChI is InChI=1S/C19H30N2O2/c1-15(2)21(14-16-10-7-6-8-11-16)17(22)12-9-13-20-18(23)19(3,4)5/h6-8,10-11,15H,9,12-14H2,1-5H3,(H,20,23). The molecule has 1 aromatic carbocycles. The number of benzene rings is 1. The molecule has 0 aliphatic carbocycles. The molecule has 0 saturated heterocycles. The number of hydrogen-bond donors (Lipinski definition) is 1. The van der Waals surface area contributed by atoms with Crippen LogP contribution in [0, 0.1) is 5.41 Å². The first-order valence-electron chi connectivity index (χ1n) is 8.33. The van der Waals surface area contributed by atoms with Gasteiger partial charge in [0.2, 0.25) is 11.8 Å². The molecular formula is C19H30N2O2. The molecule has 4 heteroatoms. The van der Waals surface area contributed by atoms with Crippen LogP contribution in [0.25, 0.3) is 0 Å². The van der Waals surface area contributed by atoms with Gasteiger partial charge in [-0.15, -0.1) is 0 Å². The van der Waals surface area contributed by atoms with E-state index in [1.807, 2.05) is 69.9 Å². The van der Waals surface area contributed by atoms with Crippen LogP contribution < -0.4 is 5.32 Å². The van der Waals surface area contributed by atoms with Crippen LogP contribution in [-0.2, 0) is 16.1 Å². The normalized spacial score (nSPS) is 11.4. The van der Waals surface area contributed by atoms with Crippen molar-refractivity contribution in [3.8, 4) is 0 Å². The van der Waals surface area contributed by atoms with Crippen LogP contribution in [0.5, 0.6) is 0 Å². The highest BCUT2D eigenvalue weighted by atomic mass is 16.2. The highest BCUT2D eigenvalue weighted by Crippen LogP contribution is 2.13. The summed E-state index contributed by atoms with van der Waals surface area (Å²) in [6.07, 6.45) is 1.12. The highest BCUT2D eigenvalue weighted by Gasteiger charge is 2.21. The molecule has 4 nitrogen and oxygen atoms in total. The number of rotatable bonds is 7. The quantitative estimate of drug-likeness (QED) is 0.784. The van der Waals surface area contributed by atoms with Crippen LogP contribution >= 0.6 is 0 Å². The van der Waals surface area contributed by atoms with Gasteiger partial charge in [0.25, 0.3) is 0 Å². The minimum atomic E-state index is -0.388. The molecule has 128 valence electrons. The molecule has 0 aliphatic rings. The van der Waals surface area contributed by atoms with E-state index in [2.05, 4.69) is 5.32 Å². The predicted molar refractivity (Wildman–Crippen MR) is 93.8 cm³/mol. The van der Waals surface area contributed by atoms with Gasteiger partial charge in [-0.3, -0.25) is 9.59 Å². The number of amides is 2. The van der Waals surface area contributed by atoms with Crippen LogP contribution in [0.3, 0.4) is 0 Å². The van der Waals surface area contributed by atoms with Crippen molar-refractivity contribution in [1.29, 1.82) is 0 Å². The molecule has 0 saturated carbocycles. The highest BCUT2D eigenvalue weighted by molar-refractivity contribution is 5.81.